The van der Waals surface area contributed by atoms with Gasteiger partial charge in [0.2, 0.25) is 0 Å². The molecule has 1 aromatic heterocycles. The van der Waals surface area contributed by atoms with Crippen LogP contribution in [0, 0.1) is 0 Å². The van der Waals surface area contributed by atoms with E-state index in [0.717, 1.165) is 16.3 Å². The zero-order valence-electron chi connectivity index (χ0n) is 8.18. The van der Waals surface area contributed by atoms with E-state index in [4.69, 9.17) is 5.11 Å². The average Bonchev–Trinajstić information content (AvgIpc) is 2.26. The van der Waals surface area contributed by atoms with Gasteiger partial charge < -0.3 is 5.11 Å². The number of carboxylic acids is 1. The van der Waals surface area contributed by atoms with Crippen LogP contribution in [-0.2, 0) is 11.2 Å². The number of rotatable bonds is 3. The zero-order valence-corrected chi connectivity index (χ0v) is 8.18. The van der Waals surface area contributed by atoms with Crippen LogP contribution in [0.15, 0.2) is 36.7 Å². The van der Waals surface area contributed by atoms with E-state index >= 15 is 0 Å². The van der Waals surface area contributed by atoms with Gasteiger partial charge in [-0.1, -0.05) is 18.2 Å². The normalized spacial score (nSPS) is 10.4. The first-order valence-electron chi connectivity index (χ1n) is 4.80. The van der Waals surface area contributed by atoms with Crippen LogP contribution in [0.25, 0.3) is 10.8 Å². The monoisotopic (exact) mass is 201 g/mol. The lowest BCUT2D eigenvalue weighted by Crippen LogP contribution is -1.97. The highest BCUT2D eigenvalue weighted by atomic mass is 16.4. The van der Waals surface area contributed by atoms with E-state index in [2.05, 4.69) is 4.98 Å². The van der Waals surface area contributed by atoms with Crippen LogP contribution in [0.1, 0.15) is 12.0 Å². The van der Waals surface area contributed by atoms with Gasteiger partial charge in [-0.05, 0) is 23.4 Å². The molecule has 1 aromatic carbocycles. The summed E-state index contributed by atoms with van der Waals surface area (Å²) < 4.78 is 0. The molecule has 0 aliphatic carbocycles. The standard InChI is InChI=1S/C12H11NO2/c14-12(15)4-2-9-1-3-11-8-13-6-5-10(11)7-9/h1,3,5-8H,2,4H2,(H,14,15). The summed E-state index contributed by atoms with van der Waals surface area (Å²) >= 11 is 0. The van der Waals surface area contributed by atoms with E-state index in [1.54, 1.807) is 12.4 Å². The summed E-state index contributed by atoms with van der Waals surface area (Å²) in [5.74, 6) is -0.759. The topological polar surface area (TPSA) is 50.2 Å². The van der Waals surface area contributed by atoms with Gasteiger partial charge in [0.15, 0.2) is 0 Å². The first kappa shape index (κ1) is 9.65. The first-order valence-corrected chi connectivity index (χ1v) is 4.80. The van der Waals surface area contributed by atoms with Crippen molar-refractivity contribution in [1.82, 2.24) is 4.98 Å². The smallest absolute Gasteiger partial charge is 0.303 e. The molecule has 15 heavy (non-hydrogen) atoms. The Kier molecular flexibility index (Phi) is 2.63. The summed E-state index contributed by atoms with van der Waals surface area (Å²) in [6.45, 7) is 0. The third-order valence-corrected chi connectivity index (χ3v) is 2.33. The lowest BCUT2D eigenvalue weighted by Gasteiger charge is -2.01. The summed E-state index contributed by atoms with van der Waals surface area (Å²) in [6.07, 6.45) is 4.30. The third-order valence-electron chi connectivity index (χ3n) is 2.33. The van der Waals surface area contributed by atoms with Crippen LogP contribution < -0.4 is 0 Å². The predicted molar refractivity (Wildman–Crippen MR) is 57.7 cm³/mol. The number of pyridine rings is 1. The second-order valence-corrected chi connectivity index (χ2v) is 3.45. The number of hydrogen-bond donors (Lipinski definition) is 1. The Morgan fingerprint density at radius 1 is 1.27 bits per heavy atom. The molecule has 0 bridgehead atoms. The summed E-state index contributed by atoms with van der Waals surface area (Å²) in [7, 11) is 0. The maximum absolute atomic E-state index is 10.4. The van der Waals surface area contributed by atoms with Crippen LogP contribution in [0.3, 0.4) is 0 Å². The molecule has 0 fully saturated rings. The molecule has 1 heterocycles. The van der Waals surface area contributed by atoms with E-state index in [9.17, 15) is 4.79 Å². The van der Waals surface area contributed by atoms with E-state index in [1.807, 2.05) is 24.3 Å². The molecule has 0 aliphatic rings. The molecule has 0 unspecified atom stereocenters. The van der Waals surface area contributed by atoms with Crippen molar-refractivity contribution >= 4 is 16.7 Å². The van der Waals surface area contributed by atoms with E-state index in [-0.39, 0.29) is 6.42 Å². The summed E-state index contributed by atoms with van der Waals surface area (Å²) in [5.41, 5.74) is 1.05. The lowest BCUT2D eigenvalue weighted by atomic mass is 10.1. The van der Waals surface area contributed by atoms with Crippen molar-refractivity contribution in [3.8, 4) is 0 Å². The number of hydrogen-bond acceptors (Lipinski definition) is 2. The third kappa shape index (κ3) is 2.31. The Bertz CT molecular complexity index is 494. The maximum atomic E-state index is 10.4. The Morgan fingerprint density at radius 3 is 2.93 bits per heavy atom. The number of nitrogens with zero attached hydrogens (tertiary/aromatic N) is 1. The molecule has 0 aliphatic heterocycles. The van der Waals surface area contributed by atoms with Gasteiger partial charge >= 0.3 is 5.97 Å². The molecule has 1 N–H and O–H groups in total. The summed E-state index contributed by atoms with van der Waals surface area (Å²) in [6, 6.07) is 7.87. The van der Waals surface area contributed by atoms with Crippen LogP contribution in [0.4, 0.5) is 0 Å². The highest BCUT2D eigenvalue weighted by molar-refractivity contribution is 5.82. The van der Waals surface area contributed by atoms with Crippen LogP contribution >= 0.6 is 0 Å². The van der Waals surface area contributed by atoms with Gasteiger partial charge in [-0.3, -0.25) is 9.78 Å². The second-order valence-electron chi connectivity index (χ2n) is 3.45. The minimum atomic E-state index is -0.759. The first-order chi connectivity index (χ1) is 7.25. The van der Waals surface area contributed by atoms with E-state index in [1.165, 1.54) is 0 Å². The van der Waals surface area contributed by atoms with Crippen molar-refractivity contribution in [3.63, 3.8) is 0 Å². The highest BCUT2D eigenvalue weighted by Gasteiger charge is 2.00. The van der Waals surface area contributed by atoms with Crippen molar-refractivity contribution in [2.75, 3.05) is 0 Å². The molecule has 0 saturated carbocycles. The van der Waals surface area contributed by atoms with Crippen LogP contribution in [-0.4, -0.2) is 16.1 Å². The van der Waals surface area contributed by atoms with Gasteiger partial charge in [0.05, 0.1) is 0 Å². The fourth-order valence-electron chi connectivity index (χ4n) is 1.54. The van der Waals surface area contributed by atoms with Gasteiger partial charge in [-0.2, -0.15) is 0 Å². The van der Waals surface area contributed by atoms with E-state index < -0.39 is 5.97 Å². The maximum Gasteiger partial charge on any atom is 0.303 e. The number of carboxylic acid groups (broad SMARTS) is 1. The summed E-state index contributed by atoms with van der Waals surface area (Å²) in [4.78, 5) is 14.4. The minimum absolute atomic E-state index is 0.177. The number of aliphatic carboxylic acids is 1. The zero-order chi connectivity index (χ0) is 10.7. The SMILES string of the molecule is O=C(O)CCc1ccc2cnccc2c1. The number of carbonyl (C=O) groups is 1. The molecular formula is C12H11NO2. The van der Waals surface area contributed by atoms with Crippen LogP contribution in [0.2, 0.25) is 0 Å². The highest BCUT2D eigenvalue weighted by Crippen LogP contribution is 2.15. The molecule has 0 amide bonds. The molecule has 3 nitrogen and oxygen atoms in total. The minimum Gasteiger partial charge on any atom is -0.481 e. The van der Waals surface area contributed by atoms with Gasteiger partial charge in [-0.25, -0.2) is 0 Å². The molecule has 0 saturated heterocycles. The molecular weight excluding hydrogens is 190 g/mol. The Balaban J connectivity index is 2.26. The van der Waals surface area contributed by atoms with Crippen molar-refractivity contribution in [2.45, 2.75) is 12.8 Å². The Labute approximate surface area is 87.4 Å². The number of aryl methyl sites for hydroxylation is 1. The van der Waals surface area contributed by atoms with Crippen molar-refractivity contribution < 1.29 is 9.90 Å². The number of aromatic nitrogens is 1. The van der Waals surface area contributed by atoms with Crippen molar-refractivity contribution in [1.29, 1.82) is 0 Å². The second kappa shape index (κ2) is 4.09. The molecule has 0 radical (unpaired) electrons. The molecule has 76 valence electrons. The molecule has 2 aromatic rings. The Morgan fingerprint density at radius 2 is 2.13 bits per heavy atom. The molecule has 0 spiro atoms. The van der Waals surface area contributed by atoms with Gasteiger partial charge in [0.25, 0.3) is 0 Å². The predicted octanol–water partition coefficient (Wildman–Crippen LogP) is 2.25. The van der Waals surface area contributed by atoms with Gasteiger partial charge in [0.1, 0.15) is 0 Å². The molecule has 2 rings (SSSR count). The fourth-order valence-corrected chi connectivity index (χ4v) is 1.54. The van der Waals surface area contributed by atoms with Crippen molar-refractivity contribution in [2.24, 2.45) is 0 Å². The molecule has 0 atom stereocenters. The van der Waals surface area contributed by atoms with Gasteiger partial charge in [0, 0.05) is 24.2 Å². The van der Waals surface area contributed by atoms with Gasteiger partial charge in [-0.15, -0.1) is 0 Å². The fraction of sp³-hybridized carbons (Fsp3) is 0.167. The largest absolute Gasteiger partial charge is 0.481 e. The number of fused-ring (bicyclic) bond motifs is 1. The van der Waals surface area contributed by atoms with Crippen molar-refractivity contribution in [3.05, 3.63) is 42.2 Å². The molecule has 3 heteroatoms. The van der Waals surface area contributed by atoms with Crippen LogP contribution in [0.5, 0.6) is 0 Å². The average molecular weight is 201 g/mol. The summed E-state index contributed by atoms with van der Waals surface area (Å²) in [5, 5.41) is 10.8. The Hall–Kier alpha value is -1.90. The lowest BCUT2D eigenvalue weighted by molar-refractivity contribution is -0.136. The van der Waals surface area contributed by atoms with E-state index in [0.29, 0.717) is 6.42 Å². The number of benzene rings is 1. The quantitative estimate of drug-likeness (QED) is 0.828.